The van der Waals surface area contributed by atoms with Crippen molar-refractivity contribution in [2.75, 3.05) is 19.6 Å². The van der Waals surface area contributed by atoms with E-state index in [1.807, 2.05) is 54.4 Å². The second kappa shape index (κ2) is 12.3. The zero-order chi connectivity index (χ0) is 25.5. The van der Waals surface area contributed by atoms with Gasteiger partial charge in [-0.15, -0.1) is 0 Å². The molecule has 0 saturated carbocycles. The maximum Gasteiger partial charge on any atom is 0.268 e. The lowest BCUT2D eigenvalue weighted by molar-refractivity contribution is -0.147. The van der Waals surface area contributed by atoms with Crippen LogP contribution in [-0.4, -0.2) is 41.8 Å². The van der Waals surface area contributed by atoms with Crippen molar-refractivity contribution in [3.05, 3.63) is 86.5 Å². The first-order valence-corrected chi connectivity index (χ1v) is 12.8. The molecule has 0 aliphatic carbocycles. The lowest BCUT2D eigenvalue weighted by atomic mass is 9.90. The van der Waals surface area contributed by atoms with E-state index in [-0.39, 0.29) is 5.91 Å². The number of hydrazine groups is 1. The molecule has 0 N–H and O–H groups in total. The fraction of sp³-hybridized carbons (Fsp3) is 0.400. The minimum absolute atomic E-state index is 0.136. The van der Waals surface area contributed by atoms with Crippen molar-refractivity contribution in [2.45, 2.75) is 60.3 Å². The van der Waals surface area contributed by atoms with Gasteiger partial charge in [-0.25, -0.2) is 5.01 Å². The van der Waals surface area contributed by atoms with Crippen molar-refractivity contribution in [1.29, 1.82) is 0 Å². The van der Waals surface area contributed by atoms with Gasteiger partial charge in [-0.1, -0.05) is 53.9 Å². The highest BCUT2D eigenvalue weighted by Gasteiger charge is 2.31. The first kappa shape index (κ1) is 26.9. The molecular weight excluding hydrogens is 456 g/mol. The zero-order valence-corrected chi connectivity index (χ0v) is 22.4. The fourth-order valence-electron chi connectivity index (χ4n) is 4.60. The van der Waals surface area contributed by atoms with Gasteiger partial charge < -0.3 is 0 Å². The zero-order valence-electron chi connectivity index (χ0n) is 21.7. The highest BCUT2D eigenvalue weighted by atomic mass is 35.5. The van der Waals surface area contributed by atoms with Crippen molar-refractivity contribution < 1.29 is 9.59 Å². The highest BCUT2D eigenvalue weighted by molar-refractivity contribution is 6.30. The Hall–Kier alpha value is -2.69. The average molecular weight is 493 g/mol. The molecule has 186 valence electrons. The number of hydrogen-bond acceptors (Lipinski definition) is 3. The van der Waals surface area contributed by atoms with Gasteiger partial charge in [0.2, 0.25) is 0 Å². The third kappa shape index (κ3) is 6.71. The van der Waals surface area contributed by atoms with E-state index >= 15 is 0 Å². The van der Waals surface area contributed by atoms with Gasteiger partial charge in [0.1, 0.15) is 6.29 Å². The van der Waals surface area contributed by atoms with E-state index in [0.29, 0.717) is 5.56 Å². The predicted molar refractivity (Wildman–Crippen MR) is 145 cm³/mol. The summed E-state index contributed by atoms with van der Waals surface area (Å²) in [5, 5.41) is 5.02. The number of allylic oxidation sites excluding steroid dienone is 1. The minimum atomic E-state index is 0.136. The van der Waals surface area contributed by atoms with E-state index < -0.39 is 0 Å². The van der Waals surface area contributed by atoms with Gasteiger partial charge in [0.25, 0.3) is 5.91 Å². The van der Waals surface area contributed by atoms with Crippen molar-refractivity contribution in [3.63, 3.8) is 0 Å². The summed E-state index contributed by atoms with van der Waals surface area (Å²) in [5.41, 5.74) is 8.42. The molecule has 5 heteroatoms. The predicted octanol–water partition coefficient (Wildman–Crippen LogP) is 7.20. The van der Waals surface area contributed by atoms with Crippen LogP contribution in [0.2, 0.25) is 5.02 Å². The number of hydrogen-bond donors (Lipinski definition) is 0. The van der Waals surface area contributed by atoms with Gasteiger partial charge in [-0.3, -0.25) is 14.6 Å². The molecule has 1 saturated heterocycles. The summed E-state index contributed by atoms with van der Waals surface area (Å²) in [6.45, 7) is 13.0. The summed E-state index contributed by atoms with van der Waals surface area (Å²) < 4.78 is 0. The third-order valence-electron chi connectivity index (χ3n) is 7.13. The van der Waals surface area contributed by atoms with Gasteiger partial charge in [0, 0.05) is 35.8 Å². The molecule has 2 aliphatic rings. The Morgan fingerprint density at radius 3 is 2.09 bits per heavy atom. The molecule has 0 radical (unpaired) electrons. The van der Waals surface area contributed by atoms with Crippen LogP contribution in [0.4, 0.5) is 0 Å². The highest BCUT2D eigenvalue weighted by Crippen LogP contribution is 2.31. The van der Waals surface area contributed by atoms with Crippen LogP contribution in [-0.2, 0) is 4.79 Å². The van der Waals surface area contributed by atoms with E-state index in [9.17, 15) is 9.59 Å². The van der Waals surface area contributed by atoms with E-state index in [0.717, 1.165) is 59.6 Å². The second-order valence-electron chi connectivity index (χ2n) is 9.57. The standard InChI is InChI=1S/C22H28N2O2.C8H9Cl/c1-16-11-14-24(23-12-5-4-6-13-23)22(26)21(16)18(3)17(2)20-9-7-19(15-25)8-10-20;1-6-3-4-8(9)5-7(6)2/h7-10,15H,4-6,11-14H2,1-3H3;3-5H,1-2H3/b18-17+;. The van der Waals surface area contributed by atoms with Gasteiger partial charge in [0.05, 0.1) is 0 Å². The molecule has 1 amide bonds. The van der Waals surface area contributed by atoms with Gasteiger partial charge >= 0.3 is 0 Å². The van der Waals surface area contributed by atoms with E-state index in [2.05, 4.69) is 32.7 Å². The number of carbonyl (C=O) groups excluding carboxylic acids is 2. The van der Waals surface area contributed by atoms with Crippen LogP contribution >= 0.6 is 11.6 Å². The van der Waals surface area contributed by atoms with Crippen molar-refractivity contribution in [3.8, 4) is 0 Å². The number of halogens is 1. The molecule has 4 nitrogen and oxygen atoms in total. The van der Waals surface area contributed by atoms with E-state index in [1.165, 1.54) is 36.0 Å². The summed E-state index contributed by atoms with van der Waals surface area (Å²) in [4.78, 5) is 24.1. The van der Waals surface area contributed by atoms with Crippen LogP contribution < -0.4 is 0 Å². The number of nitrogens with zero attached hydrogens (tertiary/aromatic N) is 2. The Balaban J connectivity index is 0.000000320. The first-order valence-electron chi connectivity index (χ1n) is 12.5. The Morgan fingerprint density at radius 2 is 1.51 bits per heavy atom. The molecule has 0 bridgehead atoms. The summed E-state index contributed by atoms with van der Waals surface area (Å²) in [6, 6.07) is 13.5. The molecule has 0 aromatic heterocycles. The number of benzene rings is 2. The normalized spacial score (nSPS) is 17.5. The fourth-order valence-corrected chi connectivity index (χ4v) is 4.83. The molecule has 2 heterocycles. The third-order valence-corrected chi connectivity index (χ3v) is 7.37. The molecule has 35 heavy (non-hydrogen) atoms. The van der Waals surface area contributed by atoms with Crippen molar-refractivity contribution >= 4 is 29.4 Å². The van der Waals surface area contributed by atoms with Gasteiger partial charge in [-0.05, 0) is 93.9 Å². The number of rotatable bonds is 4. The van der Waals surface area contributed by atoms with E-state index in [1.54, 1.807) is 0 Å². The topological polar surface area (TPSA) is 40.6 Å². The summed E-state index contributed by atoms with van der Waals surface area (Å²) in [7, 11) is 0. The average Bonchev–Trinajstić information content (AvgIpc) is 2.87. The van der Waals surface area contributed by atoms with Crippen LogP contribution in [0.3, 0.4) is 0 Å². The smallest absolute Gasteiger partial charge is 0.268 e. The number of amides is 1. The van der Waals surface area contributed by atoms with Crippen LogP contribution in [0.5, 0.6) is 0 Å². The van der Waals surface area contributed by atoms with Crippen LogP contribution in [0.25, 0.3) is 5.57 Å². The molecule has 4 rings (SSSR count). The van der Waals surface area contributed by atoms with Crippen molar-refractivity contribution in [1.82, 2.24) is 10.0 Å². The van der Waals surface area contributed by atoms with Crippen LogP contribution in [0.1, 0.15) is 73.5 Å². The molecule has 2 aliphatic heterocycles. The van der Waals surface area contributed by atoms with Crippen molar-refractivity contribution in [2.24, 2.45) is 0 Å². The Kier molecular flexibility index (Phi) is 9.47. The second-order valence-corrected chi connectivity index (χ2v) is 10.0. The van der Waals surface area contributed by atoms with E-state index in [4.69, 9.17) is 11.6 Å². The lowest BCUT2D eigenvalue weighted by Crippen LogP contribution is -2.51. The Bertz CT molecular complexity index is 1130. The molecular formula is C30H37ClN2O2. The molecule has 0 spiro atoms. The lowest BCUT2D eigenvalue weighted by Gasteiger charge is -2.40. The SMILES string of the molecule is CC1=C(/C(C)=C(\C)c2ccc(C=O)cc2)C(=O)N(N2CCCCC2)CC1.Cc1ccc(Cl)cc1C. The maximum absolute atomic E-state index is 13.3. The minimum Gasteiger partial charge on any atom is -0.298 e. The number of piperidine rings is 1. The first-order chi connectivity index (χ1) is 16.7. The summed E-state index contributed by atoms with van der Waals surface area (Å²) in [5.74, 6) is 0.136. The Labute approximate surface area is 215 Å². The Morgan fingerprint density at radius 1 is 0.857 bits per heavy atom. The maximum atomic E-state index is 13.3. The number of aldehydes is 1. The summed E-state index contributed by atoms with van der Waals surface area (Å²) >= 11 is 5.72. The van der Waals surface area contributed by atoms with Gasteiger partial charge in [-0.2, -0.15) is 0 Å². The number of carbonyl (C=O) groups is 2. The van der Waals surface area contributed by atoms with Crippen LogP contribution in [0, 0.1) is 13.8 Å². The summed E-state index contributed by atoms with van der Waals surface area (Å²) in [6.07, 6.45) is 5.36. The quantitative estimate of drug-likeness (QED) is 0.424. The molecule has 1 fully saturated rings. The largest absolute Gasteiger partial charge is 0.298 e. The number of aryl methyl sites for hydroxylation is 2. The van der Waals surface area contributed by atoms with Crippen LogP contribution in [0.15, 0.2) is 59.2 Å². The molecule has 2 aromatic rings. The monoisotopic (exact) mass is 492 g/mol. The molecule has 2 aromatic carbocycles. The molecule has 0 unspecified atom stereocenters. The van der Waals surface area contributed by atoms with Gasteiger partial charge in [0.15, 0.2) is 0 Å². The molecule has 0 atom stereocenters.